The van der Waals surface area contributed by atoms with Crippen molar-refractivity contribution < 1.29 is 55.8 Å². The van der Waals surface area contributed by atoms with Crippen molar-refractivity contribution in [3.05, 3.63) is 94.6 Å². The van der Waals surface area contributed by atoms with Gasteiger partial charge in [0.25, 0.3) is 24.7 Å². The third kappa shape index (κ3) is 16.3. The number of anilines is 2. The van der Waals surface area contributed by atoms with Crippen LogP contribution in [0.15, 0.2) is 60.9 Å². The van der Waals surface area contributed by atoms with Crippen LogP contribution >= 0.6 is 35.1 Å². The molecule has 4 aromatic rings. The van der Waals surface area contributed by atoms with Crippen molar-refractivity contribution in [3.8, 4) is 0 Å². The number of para-hydroxylation sites is 2. The van der Waals surface area contributed by atoms with E-state index in [1.54, 1.807) is 60.8 Å². The monoisotopic (exact) mass is 914 g/mol. The predicted molar refractivity (Wildman–Crippen MR) is 226 cm³/mol. The van der Waals surface area contributed by atoms with Gasteiger partial charge in [0.15, 0.2) is 0 Å². The maximum Gasteiger partial charge on any atom is 0.397 e. The molecule has 0 spiro atoms. The number of carbonyl (C=O) groups excluding carboxylic acids is 6. The van der Waals surface area contributed by atoms with Gasteiger partial charge in [0, 0.05) is 43.7 Å². The van der Waals surface area contributed by atoms with Gasteiger partial charge in [0.1, 0.15) is 11.4 Å². The number of aromatic nitrogens is 4. The minimum absolute atomic E-state index is 0.0768. The topological polar surface area (TPSA) is 172 Å². The number of amides is 3. The number of alkyl halides is 4. The molecule has 2 heterocycles. The highest BCUT2D eigenvalue weighted by molar-refractivity contribution is 7.99. The van der Waals surface area contributed by atoms with Gasteiger partial charge in [-0.1, -0.05) is 64.1 Å². The Morgan fingerprint density at radius 3 is 1.67 bits per heavy atom. The highest BCUT2D eigenvalue weighted by atomic mass is 35.5. The summed E-state index contributed by atoms with van der Waals surface area (Å²) in [6.07, 6.45) is -3.41. The number of ether oxygens (including phenoxy) is 2. The number of benzene rings is 2. The predicted octanol–water partition coefficient (Wildman–Crippen LogP) is 8.30. The van der Waals surface area contributed by atoms with Crippen molar-refractivity contribution in [1.29, 1.82) is 0 Å². The number of hydrogen-bond acceptors (Lipinski definition) is 12. The van der Waals surface area contributed by atoms with E-state index in [1.807, 2.05) is 26.0 Å². The first-order valence-electron chi connectivity index (χ1n) is 18.5. The SMILES string of the molecule is CC(C)SCc1ccccc1NC(=O)c1cn(C)nc1C(F)F.CCOC(=O)C(=O)Cl.CCOC(=O)C(=O)N(C(=O)c1cn(C)nc1C(F)F)c1ccccc1CSC(C)C. The Morgan fingerprint density at radius 2 is 1.18 bits per heavy atom. The minimum atomic E-state index is -3.03. The van der Waals surface area contributed by atoms with E-state index >= 15 is 0 Å². The van der Waals surface area contributed by atoms with Crippen molar-refractivity contribution >= 4 is 81.4 Å². The Morgan fingerprint density at radius 1 is 0.721 bits per heavy atom. The molecule has 1 N–H and O–H groups in total. The van der Waals surface area contributed by atoms with Crippen molar-refractivity contribution in [3.63, 3.8) is 0 Å². The Hall–Kier alpha value is -5.21. The van der Waals surface area contributed by atoms with Gasteiger partial charge in [-0.2, -0.15) is 33.7 Å². The summed E-state index contributed by atoms with van der Waals surface area (Å²) in [5.41, 5.74) is 0.502. The summed E-state index contributed by atoms with van der Waals surface area (Å²) in [5, 5.41) is 9.65. The molecule has 21 heteroatoms. The normalized spacial score (nSPS) is 10.8. The zero-order valence-corrected chi connectivity index (χ0v) is 37.0. The quantitative estimate of drug-likeness (QED) is 0.0524. The maximum absolute atomic E-state index is 13.4. The lowest BCUT2D eigenvalue weighted by Crippen LogP contribution is -2.43. The fraction of sp³-hybridized carbons (Fsp3) is 0.400. The molecule has 0 fully saturated rings. The van der Waals surface area contributed by atoms with E-state index in [9.17, 15) is 46.3 Å². The van der Waals surface area contributed by atoms with Crippen LogP contribution in [0.3, 0.4) is 0 Å². The summed E-state index contributed by atoms with van der Waals surface area (Å²) in [6, 6.07) is 13.9. The van der Waals surface area contributed by atoms with E-state index in [1.165, 1.54) is 38.0 Å². The number of carbonyl (C=O) groups is 6. The van der Waals surface area contributed by atoms with Gasteiger partial charge in [-0.25, -0.2) is 32.1 Å². The molecule has 61 heavy (non-hydrogen) atoms. The average Bonchev–Trinajstić information content (AvgIpc) is 3.80. The molecule has 0 aliphatic carbocycles. The number of halogens is 5. The van der Waals surface area contributed by atoms with E-state index in [-0.39, 0.29) is 29.7 Å². The first-order valence-corrected chi connectivity index (χ1v) is 21.0. The molecule has 0 aliphatic heterocycles. The van der Waals surface area contributed by atoms with Crippen LogP contribution in [-0.4, -0.2) is 78.2 Å². The van der Waals surface area contributed by atoms with Crippen LogP contribution in [0.25, 0.3) is 0 Å². The number of imide groups is 1. The number of nitrogens with one attached hydrogen (secondary N) is 1. The Labute approximate surface area is 364 Å². The number of esters is 2. The van der Waals surface area contributed by atoms with E-state index in [4.69, 9.17) is 16.3 Å². The second kappa shape index (κ2) is 25.5. The third-order valence-corrected chi connectivity index (χ3v) is 9.98. The van der Waals surface area contributed by atoms with Gasteiger partial charge < -0.3 is 14.8 Å². The van der Waals surface area contributed by atoms with Crippen molar-refractivity contribution in [1.82, 2.24) is 19.6 Å². The smallest absolute Gasteiger partial charge is 0.397 e. The first kappa shape index (κ1) is 51.9. The fourth-order valence-electron chi connectivity index (χ4n) is 4.90. The van der Waals surface area contributed by atoms with Crippen molar-refractivity contribution in [2.24, 2.45) is 14.1 Å². The first-order chi connectivity index (χ1) is 28.7. The zero-order chi connectivity index (χ0) is 46.0. The Bertz CT molecular complexity index is 2130. The highest BCUT2D eigenvalue weighted by Gasteiger charge is 2.36. The molecule has 0 radical (unpaired) electrons. The summed E-state index contributed by atoms with van der Waals surface area (Å²) in [5.74, 6) is -3.96. The van der Waals surface area contributed by atoms with E-state index in [0.717, 1.165) is 22.2 Å². The number of aryl methyl sites for hydroxylation is 2. The fourth-order valence-corrected chi connectivity index (χ4v) is 6.47. The standard InChI is InChI=1S/C20H23F2N3O4S.C16H19F2N3OS.C4H5ClO3/c1-5-29-20(28)19(27)25(15-9-7-6-8-13(15)11-30-12(2)3)18(26)14-10-24(4)23-16(14)17(21)22;1-10(2)23-9-11-6-4-5-7-13(11)19-16(22)12-8-21(3)20-14(12)15(17)18;1-2-8-4(7)3(5)6/h6-10,12,17H,5,11H2,1-4H3;4-8,10,15H,9H2,1-3H3,(H,19,22);2H2,1H3. The second-order valence-electron chi connectivity index (χ2n) is 12.9. The van der Waals surface area contributed by atoms with Gasteiger partial charge >= 0.3 is 23.1 Å². The summed E-state index contributed by atoms with van der Waals surface area (Å²) in [6.45, 7) is 11.4. The van der Waals surface area contributed by atoms with Crippen molar-refractivity contribution in [2.45, 2.75) is 76.4 Å². The lowest BCUT2D eigenvalue weighted by Gasteiger charge is -2.23. The van der Waals surface area contributed by atoms with Gasteiger partial charge in [-0.3, -0.25) is 28.5 Å². The molecule has 332 valence electrons. The zero-order valence-electron chi connectivity index (χ0n) is 34.6. The minimum Gasteiger partial charge on any atom is -0.459 e. The molecular formula is C40H47ClF4N6O8S2. The van der Waals surface area contributed by atoms with Crippen LogP contribution in [0.2, 0.25) is 0 Å². The lowest BCUT2D eigenvalue weighted by molar-refractivity contribution is -0.153. The maximum atomic E-state index is 13.4. The van der Waals surface area contributed by atoms with Gasteiger partial charge in [0.05, 0.1) is 30.0 Å². The molecule has 4 rings (SSSR count). The van der Waals surface area contributed by atoms with Crippen LogP contribution in [0.4, 0.5) is 28.9 Å². The molecule has 0 atom stereocenters. The molecule has 0 unspecified atom stereocenters. The molecule has 2 aromatic carbocycles. The van der Waals surface area contributed by atoms with Crippen LogP contribution in [0.1, 0.15) is 97.6 Å². The summed E-state index contributed by atoms with van der Waals surface area (Å²) < 4.78 is 64.0. The molecule has 2 aromatic heterocycles. The number of hydrogen-bond donors (Lipinski definition) is 1. The molecule has 3 amide bonds. The number of nitrogens with zero attached hydrogens (tertiary/aromatic N) is 5. The molecule has 0 bridgehead atoms. The second-order valence-corrected chi connectivity index (χ2v) is 16.4. The summed E-state index contributed by atoms with van der Waals surface area (Å²) in [7, 11) is 2.89. The largest absolute Gasteiger partial charge is 0.459 e. The lowest BCUT2D eigenvalue weighted by atomic mass is 10.1. The van der Waals surface area contributed by atoms with Crippen LogP contribution < -0.4 is 10.2 Å². The molecule has 0 saturated carbocycles. The van der Waals surface area contributed by atoms with Crippen LogP contribution in [-0.2, 0) is 54.3 Å². The molecular weight excluding hydrogens is 868 g/mol. The van der Waals surface area contributed by atoms with E-state index < -0.39 is 64.7 Å². The number of rotatable bonds is 15. The number of thioether (sulfide) groups is 2. The Balaban J connectivity index is 0.000000364. The van der Waals surface area contributed by atoms with E-state index in [2.05, 4.69) is 34.1 Å². The van der Waals surface area contributed by atoms with Crippen LogP contribution in [0, 0.1) is 0 Å². The van der Waals surface area contributed by atoms with Gasteiger partial charge in [0.2, 0.25) is 0 Å². The summed E-state index contributed by atoms with van der Waals surface area (Å²) in [4.78, 5) is 71.0. The van der Waals surface area contributed by atoms with Gasteiger partial charge in [-0.15, -0.1) is 0 Å². The average molecular weight is 915 g/mol. The summed E-state index contributed by atoms with van der Waals surface area (Å²) >= 11 is 8.00. The highest BCUT2D eigenvalue weighted by Crippen LogP contribution is 2.31. The Kier molecular flexibility index (Phi) is 21.7. The van der Waals surface area contributed by atoms with Gasteiger partial charge in [-0.05, 0) is 59.2 Å². The third-order valence-electron chi connectivity index (χ3n) is 7.54. The van der Waals surface area contributed by atoms with E-state index in [0.29, 0.717) is 27.2 Å². The molecule has 0 aliphatic rings. The molecule has 14 nitrogen and oxygen atoms in total. The van der Waals surface area contributed by atoms with Crippen molar-refractivity contribution in [2.75, 3.05) is 23.4 Å². The molecule has 0 saturated heterocycles. The van der Waals surface area contributed by atoms with Crippen LogP contribution in [0.5, 0.6) is 0 Å².